The van der Waals surface area contributed by atoms with Crippen molar-refractivity contribution in [2.24, 2.45) is 0 Å². The zero-order valence-electron chi connectivity index (χ0n) is 7.13. The molecule has 0 fully saturated rings. The Morgan fingerprint density at radius 2 is 2.07 bits per heavy atom. The van der Waals surface area contributed by atoms with Crippen molar-refractivity contribution in [3.8, 4) is 11.5 Å². The maximum atomic E-state index is 12.9. The highest BCUT2D eigenvalue weighted by Crippen LogP contribution is 2.29. The summed E-state index contributed by atoms with van der Waals surface area (Å²) in [5.41, 5.74) is -0.166. The number of hydrogen-bond donors (Lipinski definition) is 2. The van der Waals surface area contributed by atoms with Gasteiger partial charge in [0.2, 0.25) is 5.82 Å². The number of benzene rings is 1. The summed E-state index contributed by atoms with van der Waals surface area (Å²) in [6.07, 6.45) is 0.0132. The maximum absolute atomic E-state index is 12.9. The van der Waals surface area contributed by atoms with E-state index in [1.54, 1.807) is 0 Å². The molecule has 3 nitrogen and oxygen atoms in total. The molecule has 1 aromatic carbocycles. The molecule has 0 spiro atoms. The predicted molar refractivity (Wildman–Crippen MR) is 49.4 cm³/mol. The standard InChI is InChI=1S/C9H8ClFO3/c10-4-3-6(12)5-1-2-7(13)8(11)9(5)14/h1-2,13-14H,3-4H2. The van der Waals surface area contributed by atoms with Gasteiger partial charge in [0.1, 0.15) is 0 Å². The van der Waals surface area contributed by atoms with Gasteiger partial charge >= 0.3 is 0 Å². The molecule has 0 atom stereocenters. The van der Waals surface area contributed by atoms with Crippen LogP contribution in [-0.4, -0.2) is 21.9 Å². The van der Waals surface area contributed by atoms with Gasteiger partial charge in [-0.3, -0.25) is 4.79 Å². The summed E-state index contributed by atoms with van der Waals surface area (Å²) < 4.78 is 12.9. The van der Waals surface area contributed by atoms with E-state index >= 15 is 0 Å². The van der Waals surface area contributed by atoms with Gasteiger partial charge in [0.25, 0.3) is 0 Å². The first-order valence-corrected chi connectivity index (χ1v) is 4.41. The van der Waals surface area contributed by atoms with E-state index in [-0.39, 0.29) is 17.9 Å². The molecule has 0 unspecified atom stereocenters. The summed E-state index contributed by atoms with van der Waals surface area (Å²) in [5, 5.41) is 18.0. The fraction of sp³-hybridized carbons (Fsp3) is 0.222. The molecule has 0 aliphatic carbocycles. The molecule has 5 heteroatoms. The van der Waals surface area contributed by atoms with Crippen LogP contribution in [0.1, 0.15) is 16.8 Å². The van der Waals surface area contributed by atoms with E-state index in [0.29, 0.717) is 0 Å². The van der Waals surface area contributed by atoms with Gasteiger partial charge in [-0.05, 0) is 12.1 Å². The number of Topliss-reactive ketones (excluding diaryl/α,β-unsaturated/α-hetero) is 1. The van der Waals surface area contributed by atoms with E-state index in [4.69, 9.17) is 16.7 Å². The van der Waals surface area contributed by atoms with Crippen molar-refractivity contribution in [3.05, 3.63) is 23.5 Å². The Morgan fingerprint density at radius 1 is 1.43 bits per heavy atom. The Kier molecular flexibility index (Phi) is 3.30. The lowest BCUT2D eigenvalue weighted by Crippen LogP contribution is -2.01. The van der Waals surface area contributed by atoms with E-state index in [2.05, 4.69) is 0 Å². The minimum atomic E-state index is -1.19. The molecule has 0 aromatic heterocycles. The van der Waals surface area contributed by atoms with Crippen LogP contribution >= 0.6 is 11.6 Å². The number of aromatic hydroxyl groups is 2. The molecule has 0 aliphatic heterocycles. The van der Waals surface area contributed by atoms with Crippen LogP contribution in [0, 0.1) is 5.82 Å². The van der Waals surface area contributed by atoms with Crippen molar-refractivity contribution in [2.45, 2.75) is 6.42 Å². The Bertz CT molecular complexity index is 365. The smallest absolute Gasteiger partial charge is 0.207 e. The second-order valence-electron chi connectivity index (χ2n) is 2.66. The molecular formula is C9H8ClFO3. The van der Waals surface area contributed by atoms with Gasteiger partial charge in [-0.2, -0.15) is 4.39 Å². The predicted octanol–water partition coefficient (Wildman–Crippen LogP) is 2.05. The van der Waals surface area contributed by atoms with Gasteiger partial charge < -0.3 is 10.2 Å². The van der Waals surface area contributed by atoms with Crippen molar-refractivity contribution < 1.29 is 19.4 Å². The molecule has 0 bridgehead atoms. The minimum absolute atomic E-state index is 0.0132. The van der Waals surface area contributed by atoms with Crippen molar-refractivity contribution in [3.63, 3.8) is 0 Å². The first-order valence-electron chi connectivity index (χ1n) is 3.87. The Morgan fingerprint density at radius 3 is 2.64 bits per heavy atom. The number of rotatable bonds is 3. The first kappa shape index (κ1) is 10.8. The lowest BCUT2D eigenvalue weighted by molar-refractivity contribution is 0.0985. The highest BCUT2D eigenvalue weighted by Gasteiger charge is 2.16. The maximum Gasteiger partial charge on any atom is 0.207 e. The minimum Gasteiger partial charge on any atom is -0.505 e. The lowest BCUT2D eigenvalue weighted by atomic mass is 10.1. The summed E-state index contributed by atoms with van der Waals surface area (Å²) >= 11 is 5.32. The topological polar surface area (TPSA) is 57.5 Å². The number of halogens is 2. The Balaban J connectivity index is 3.11. The SMILES string of the molecule is O=C(CCCl)c1ccc(O)c(F)c1O. The Labute approximate surface area is 84.7 Å². The number of ketones is 1. The average Bonchev–Trinajstić information content (AvgIpc) is 2.15. The normalized spacial score (nSPS) is 10.1. The van der Waals surface area contributed by atoms with Gasteiger partial charge in [0.15, 0.2) is 17.3 Å². The van der Waals surface area contributed by atoms with Gasteiger partial charge in [-0.25, -0.2) is 0 Å². The van der Waals surface area contributed by atoms with Crippen LogP contribution in [0.2, 0.25) is 0 Å². The molecule has 14 heavy (non-hydrogen) atoms. The monoisotopic (exact) mass is 218 g/mol. The largest absolute Gasteiger partial charge is 0.505 e. The lowest BCUT2D eigenvalue weighted by Gasteiger charge is -2.04. The second kappa shape index (κ2) is 4.28. The fourth-order valence-electron chi connectivity index (χ4n) is 0.999. The molecule has 76 valence electrons. The van der Waals surface area contributed by atoms with Gasteiger partial charge in [0, 0.05) is 12.3 Å². The zero-order valence-corrected chi connectivity index (χ0v) is 7.88. The summed E-state index contributed by atoms with van der Waals surface area (Å²) in [5.74, 6) is -3.08. The average molecular weight is 219 g/mol. The molecular weight excluding hydrogens is 211 g/mol. The summed E-state index contributed by atoms with van der Waals surface area (Å²) in [6.45, 7) is 0. The van der Waals surface area contributed by atoms with Crippen molar-refractivity contribution in [2.75, 3.05) is 5.88 Å². The number of carbonyl (C=O) groups excluding carboxylic acids is 1. The van der Waals surface area contributed by atoms with Crippen molar-refractivity contribution in [1.29, 1.82) is 0 Å². The van der Waals surface area contributed by atoms with E-state index in [9.17, 15) is 14.3 Å². The molecule has 1 aromatic rings. The van der Waals surface area contributed by atoms with Crippen LogP contribution in [-0.2, 0) is 0 Å². The van der Waals surface area contributed by atoms with E-state index in [1.165, 1.54) is 0 Å². The van der Waals surface area contributed by atoms with Crippen LogP contribution in [0.25, 0.3) is 0 Å². The van der Waals surface area contributed by atoms with Gasteiger partial charge in [0.05, 0.1) is 5.56 Å². The van der Waals surface area contributed by atoms with Crippen LogP contribution in [0.4, 0.5) is 4.39 Å². The molecule has 1 rings (SSSR count). The molecule has 0 radical (unpaired) electrons. The highest BCUT2D eigenvalue weighted by atomic mass is 35.5. The zero-order chi connectivity index (χ0) is 10.7. The molecule has 0 saturated heterocycles. The second-order valence-corrected chi connectivity index (χ2v) is 3.03. The van der Waals surface area contributed by atoms with E-state index < -0.39 is 23.1 Å². The number of phenolic OH excluding ortho intramolecular Hbond substituents is 2. The quantitative estimate of drug-likeness (QED) is 0.603. The third-order valence-corrected chi connectivity index (χ3v) is 1.91. The molecule has 0 saturated carbocycles. The van der Waals surface area contributed by atoms with Gasteiger partial charge in [-0.1, -0.05) is 0 Å². The summed E-state index contributed by atoms with van der Waals surface area (Å²) in [6, 6.07) is 2.17. The first-order chi connectivity index (χ1) is 6.57. The van der Waals surface area contributed by atoms with Crippen LogP contribution in [0.15, 0.2) is 12.1 Å². The third-order valence-electron chi connectivity index (χ3n) is 1.72. The molecule has 0 aliphatic rings. The number of alkyl halides is 1. The molecule has 0 amide bonds. The highest BCUT2D eigenvalue weighted by molar-refractivity contribution is 6.19. The summed E-state index contributed by atoms with van der Waals surface area (Å²) in [7, 11) is 0. The third kappa shape index (κ3) is 1.96. The van der Waals surface area contributed by atoms with Gasteiger partial charge in [-0.15, -0.1) is 11.6 Å². The molecule has 2 N–H and O–H groups in total. The summed E-state index contributed by atoms with van der Waals surface area (Å²) in [4.78, 5) is 11.2. The van der Waals surface area contributed by atoms with Crippen LogP contribution in [0.3, 0.4) is 0 Å². The fourth-order valence-corrected chi connectivity index (χ4v) is 1.17. The molecule has 0 heterocycles. The van der Waals surface area contributed by atoms with E-state index in [0.717, 1.165) is 12.1 Å². The number of phenols is 2. The number of carbonyl (C=O) groups is 1. The van der Waals surface area contributed by atoms with Crippen LogP contribution in [0.5, 0.6) is 11.5 Å². The van der Waals surface area contributed by atoms with Crippen LogP contribution < -0.4 is 0 Å². The van der Waals surface area contributed by atoms with E-state index in [1.807, 2.05) is 0 Å². The van der Waals surface area contributed by atoms with Crippen molar-refractivity contribution >= 4 is 17.4 Å². The Hall–Kier alpha value is -1.29. The number of hydrogen-bond acceptors (Lipinski definition) is 3. The van der Waals surface area contributed by atoms with Crippen molar-refractivity contribution in [1.82, 2.24) is 0 Å².